The van der Waals surface area contributed by atoms with E-state index in [9.17, 15) is 4.79 Å². The predicted molar refractivity (Wildman–Crippen MR) is 89.0 cm³/mol. The maximum absolute atomic E-state index is 11.4. The van der Waals surface area contributed by atoms with Crippen LogP contribution in [0.4, 0.5) is 4.79 Å². The van der Waals surface area contributed by atoms with Crippen molar-refractivity contribution in [2.75, 3.05) is 33.0 Å². The highest BCUT2D eigenvalue weighted by Gasteiger charge is 2.15. The maximum atomic E-state index is 11.4. The smallest absolute Gasteiger partial charge is 0.407 e. The predicted octanol–water partition coefficient (Wildman–Crippen LogP) is 2.50. The number of ether oxygens (including phenoxy) is 3. The first kappa shape index (κ1) is 20.2. The van der Waals surface area contributed by atoms with Crippen LogP contribution in [0.5, 0.6) is 0 Å². The van der Waals surface area contributed by atoms with Crippen LogP contribution in [0.25, 0.3) is 0 Å². The molecule has 0 saturated heterocycles. The number of hydrogen-bond donors (Lipinski definition) is 2. The first-order chi connectivity index (χ1) is 11.4. The lowest BCUT2D eigenvalue weighted by molar-refractivity contribution is 0.0395. The minimum Gasteiger partial charge on any atom is -0.480 e. The Kier molecular flexibility index (Phi) is 9.18. The summed E-state index contributed by atoms with van der Waals surface area (Å²) in [6, 6.07) is 0. The molecule has 0 spiro atoms. The molecule has 8 nitrogen and oxygen atoms in total. The molecule has 1 amide bonds. The van der Waals surface area contributed by atoms with Crippen LogP contribution >= 0.6 is 0 Å². The van der Waals surface area contributed by atoms with Gasteiger partial charge in [0, 0.05) is 25.6 Å². The molecule has 0 fully saturated rings. The monoisotopic (exact) mass is 344 g/mol. The van der Waals surface area contributed by atoms with Crippen molar-refractivity contribution in [2.45, 2.75) is 45.6 Å². The van der Waals surface area contributed by atoms with Gasteiger partial charge in [-0.3, -0.25) is 0 Å². The maximum Gasteiger partial charge on any atom is 0.407 e. The van der Waals surface area contributed by atoms with E-state index in [4.69, 9.17) is 19.3 Å². The van der Waals surface area contributed by atoms with Crippen molar-refractivity contribution in [3.05, 3.63) is 12.0 Å². The van der Waals surface area contributed by atoms with Gasteiger partial charge in [-0.2, -0.15) is 0 Å². The molecule has 0 bridgehead atoms. The van der Waals surface area contributed by atoms with Crippen molar-refractivity contribution >= 4 is 11.8 Å². The van der Waals surface area contributed by atoms with Gasteiger partial charge in [-0.15, -0.1) is 0 Å². The van der Waals surface area contributed by atoms with Gasteiger partial charge in [-0.1, -0.05) is 5.16 Å². The molecular weight excluding hydrogens is 316 g/mol. The number of hydrogen-bond acceptors (Lipinski definition) is 7. The van der Waals surface area contributed by atoms with E-state index in [0.717, 1.165) is 18.6 Å². The zero-order valence-electron chi connectivity index (χ0n) is 14.7. The van der Waals surface area contributed by atoms with E-state index in [1.54, 1.807) is 6.08 Å². The van der Waals surface area contributed by atoms with Crippen molar-refractivity contribution in [3.63, 3.8) is 0 Å². The molecule has 0 aliphatic carbocycles. The van der Waals surface area contributed by atoms with Crippen LogP contribution in [-0.4, -0.2) is 55.5 Å². The molecule has 0 aromatic heterocycles. The number of aliphatic hydroxyl groups excluding tert-OH is 1. The summed E-state index contributed by atoms with van der Waals surface area (Å²) in [4.78, 5) is 16.0. The van der Waals surface area contributed by atoms with Gasteiger partial charge < -0.3 is 29.5 Å². The molecule has 0 aromatic carbocycles. The molecule has 0 atom stereocenters. The second kappa shape index (κ2) is 10.9. The van der Waals surface area contributed by atoms with Gasteiger partial charge in [0.15, 0.2) is 0 Å². The van der Waals surface area contributed by atoms with Crippen LogP contribution in [0.3, 0.4) is 0 Å². The van der Waals surface area contributed by atoms with E-state index in [1.807, 2.05) is 20.8 Å². The van der Waals surface area contributed by atoms with Crippen molar-refractivity contribution in [2.24, 2.45) is 5.16 Å². The highest BCUT2D eigenvalue weighted by molar-refractivity contribution is 5.85. The summed E-state index contributed by atoms with van der Waals surface area (Å²) in [6.45, 7) is 7.82. The normalized spacial score (nSPS) is 14.5. The molecule has 0 unspecified atom stereocenters. The Balaban J connectivity index is 1.85. The van der Waals surface area contributed by atoms with E-state index >= 15 is 0 Å². The first-order valence-electron chi connectivity index (χ1n) is 8.11. The van der Waals surface area contributed by atoms with E-state index in [1.165, 1.54) is 0 Å². The number of allylic oxidation sites excluding steroid dienone is 1. The van der Waals surface area contributed by atoms with Crippen LogP contribution in [-0.2, 0) is 19.0 Å². The average molecular weight is 344 g/mol. The van der Waals surface area contributed by atoms with Gasteiger partial charge in [0.2, 0.25) is 0 Å². The number of rotatable bonds is 10. The third-order valence-electron chi connectivity index (χ3n) is 2.82. The standard InChI is InChI=1S/C16H28N2O6/c1-16(2,3)23-15(20)17-8-10-22-12-11-21-9-4-5-13-6-7-14(19)24-18-13/h7,19H,4-6,8-12H2,1-3H3,(H,17,20). The van der Waals surface area contributed by atoms with Gasteiger partial charge in [-0.05, 0) is 33.6 Å². The summed E-state index contributed by atoms with van der Waals surface area (Å²) in [5.41, 5.74) is 0.394. The van der Waals surface area contributed by atoms with Crippen LogP contribution in [0.15, 0.2) is 17.2 Å². The summed E-state index contributed by atoms with van der Waals surface area (Å²) >= 11 is 0. The number of nitrogens with zero attached hydrogens (tertiary/aromatic N) is 1. The highest BCUT2D eigenvalue weighted by atomic mass is 16.7. The first-order valence-corrected chi connectivity index (χ1v) is 8.11. The van der Waals surface area contributed by atoms with Gasteiger partial charge in [0.1, 0.15) is 5.60 Å². The van der Waals surface area contributed by atoms with E-state index < -0.39 is 11.7 Å². The molecule has 138 valence electrons. The van der Waals surface area contributed by atoms with Crippen molar-refractivity contribution < 1.29 is 28.9 Å². The molecule has 2 N–H and O–H groups in total. The summed E-state index contributed by atoms with van der Waals surface area (Å²) in [5, 5.41) is 15.4. The van der Waals surface area contributed by atoms with E-state index in [-0.39, 0.29) is 5.95 Å². The minimum atomic E-state index is -0.495. The molecule has 0 aromatic rings. The number of carbonyl (C=O) groups excluding carboxylic acids is 1. The molecule has 1 heterocycles. The molecule has 0 saturated carbocycles. The number of carbonyl (C=O) groups is 1. The average Bonchev–Trinajstić information content (AvgIpc) is 2.49. The Morgan fingerprint density at radius 3 is 2.62 bits per heavy atom. The second-order valence-electron chi connectivity index (χ2n) is 6.25. The van der Waals surface area contributed by atoms with Crippen LogP contribution < -0.4 is 5.32 Å². The SMILES string of the molecule is CC(C)(C)OC(=O)NCCOCCOCCCC1=NOC(O)=CC1. The Bertz CT molecular complexity index is 442. The van der Waals surface area contributed by atoms with Crippen molar-refractivity contribution in [3.8, 4) is 0 Å². The lowest BCUT2D eigenvalue weighted by atomic mass is 10.1. The molecule has 0 radical (unpaired) electrons. The third kappa shape index (κ3) is 10.8. The summed E-state index contributed by atoms with van der Waals surface area (Å²) in [5.74, 6) is -0.145. The Morgan fingerprint density at radius 1 is 1.29 bits per heavy atom. The Hall–Kier alpha value is -1.80. The second-order valence-corrected chi connectivity index (χ2v) is 6.25. The fourth-order valence-corrected chi connectivity index (χ4v) is 1.78. The molecule has 1 aliphatic heterocycles. The van der Waals surface area contributed by atoms with E-state index in [0.29, 0.717) is 39.4 Å². The minimum absolute atomic E-state index is 0.145. The zero-order valence-corrected chi connectivity index (χ0v) is 14.7. The Morgan fingerprint density at radius 2 is 2.00 bits per heavy atom. The van der Waals surface area contributed by atoms with Crippen LogP contribution in [0, 0.1) is 0 Å². The van der Waals surface area contributed by atoms with Crippen LogP contribution in [0.1, 0.15) is 40.0 Å². The fraction of sp³-hybridized carbons (Fsp3) is 0.750. The summed E-state index contributed by atoms with van der Waals surface area (Å²) < 4.78 is 15.9. The zero-order chi connectivity index (χ0) is 17.8. The van der Waals surface area contributed by atoms with Gasteiger partial charge in [-0.25, -0.2) is 4.79 Å². The molecule has 24 heavy (non-hydrogen) atoms. The summed E-state index contributed by atoms with van der Waals surface area (Å²) in [6.07, 6.45) is 3.35. The van der Waals surface area contributed by atoms with Crippen molar-refractivity contribution in [1.29, 1.82) is 0 Å². The molecule has 1 aliphatic rings. The molecule has 8 heteroatoms. The quantitative estimate of drug-likeness (QED) is 0.591. The number of aliphatic hydroxyl groups is 1. The fourth-order valence-electron chi connectivity index (χ4n) is 1.78. The topological polar surface area (TPSA) is 98.6 Å². The number of alkyl carbamates (subject to hydrolysis) is 1. The third-order valence-corrected chi connectivity index (χ3v) is 2.82. The number of nitrogens with one attached hydrogen (secondary N) is 1. The molecular formula is C16H28N2O6. The largest absolute Gasteiger partial charge is 0.480 e. The Labute approximate surface area is 142 Å². The van der Waals surface area contributed by atoms with E-state index in [2.05, 4.69) is 15.3 Å². The van der Waals surface area contributed by atoms with Gasteiger partial charge >= 0.3 is 12.0 Å². The lowest BCUT2D eigenvalue weighted by Crippen LogP contribution is -2.34. The van der Waals surface area contributed by atoms with Gasteiger partial charge in [0.05, 0.1) is 25.5 Å². The summed E-state index contributed by atoms with van der Waals surface area (Å²) in [7, 11) is 0. The lowest BCUT2D eigenvalue weighted by Gasteiger charge is -2.19. The number of oxime groups is 1. The van der Waals surface area contributed by atoms with Crippen LogP contribution in [0.2, 0.25) is 0 Å². The van der Waals surface area contributed by atoms with Crippen molar-refractivity contribution in [1.82, 2.24) is 5.32 Å². The highest BCUT2D eigenvalue weighted by Crippen LogP contribution is 2.09. The molecule has 1 rings (SSSR count). The van der Waals surface area contributed by atoms with Gasteiger partial charge in [0.25, 0.3) is 0 Å². The number of amides is 1.